The lowest BCUT2D eigenvalue weighted by molar-refractivity contribution is -0.0485. The number of carbonyl (C=O) groups is 1. The van der Waals surface area contributed by atoms with Crippen molar-refractivity contribution in [2.24, 2.45) is 0 Å². The van der Waals surface area contributed by atoms with Crippen molar-refractivity contribution in [3.8, 4) is 0 Å². The monoisotopic (exact) mass is 329 g/mol. The van der Waals surface area contributed by atoms with E-state index in [1.54, 1.807) is 0 Å². The zero-order valence-corrected chi connectivity index (χ0v) is 14.2. The van der Waals surface area contributed by atoms with Crippen LogP contribution in [-0.2, 0) is 9.47 Å². The van der Waals surface area contributed by atoms with Crippen molar-refractivity contribution in [1.29, 1.82) is 0 Å². The summed E-state index contributed by atoms with van der Waals surface area (Å²) in [6.07, 6.45) is 1.93. The Hall–Kier alpha value is -1.85. The molecule has 24 heavy (non-hydrogen) atoms. The van der Waals surface area contributed by atoms with Crippen LogP contribution < -0.4 is 0 Å². The molecule has 1 aromatic heterocycles. The van der Waals surface area contributed by atoms with Crippen LogP contribution >= 0.6 is 0 Å². The highest BCUT2D eigenvalue weighted by molar-refractivity contribution is 5.99. The number of carbonyl (C=O) groups excluding carboxylic acids is 1. The average Bonchev–Trinajstić information content (AvgIpc) is 3.06. The summed E-state index contributed by atoms with van der Waals surface area (Å²) in [6, 6.07) is 7.85. The van der Waals surface area contributed by atoms with Gasteiger partial charge in [0.05, 0.1) is 18.8 Å². The van der Waals surface area contributed by atoms with Gasteiger partial charge in [0.1, 0.15) is 11.7 Å². The summed E-state index contributed by atoms with van der Waals surface area (Å²) in [4.78, 5) is 15.1. The quantitative estimate of drug-likeness (QED) is 0.868. The van der Waals surface area contributed by atoms with E-state index in [0.29, 0.717) is 25.5 Å². The zero-order chi connectivity index (χ0) is 16.7. The molecule has 1 aromatic carbocycles. The highest BCUT2D eigenvalue weighted by Gasteiger charge is 2.45. The van der Waals surface area contributed by atoms with Crippen LogP contribution in [0.1, 0.15) is 35.9 Å². The standard InChI is InChI=1S/C19H23NO4/c1-3-22-18-14-8-9-16(18)23-11-10-20(14)19(21)17-12(2)13-6-4-5-7-15(13)24-17/h4-7,14,16,18H,3,8-11H2,1-2H3/t14-,16-,18-/m1/s1. The number of aryl methyl sites for hydroxylation is 1. The third kappa shape index (κ3) is 2.43. The molecule has 1 amide bonds. The third-order valence-corrected chi connectivity index (χ3v) is 5.21. The minimum Gasteiger partial charge on any atom is -0.451 e. The van der Waals surface area contributed by atoms with Gasteiger partial charge in [-0.15, -0.1) is 0 Å². The second kappa shape index (κ2) is 6.22. The number of para-hydroxylation sites is 1. The maximum absolute atomic E-state index is 13.2. The van der Waals surface area contributed by atoms with Gasteiger partial charge in [-0.25, -0.2) is 0 Å². The van der Waals surface area contributed by atoms with E-state index in [1.165, 1.54) is 0 Å². The Morgan fingerprint density at radius 1 is 1.33 bits per heavy atom. The highest BCUT2D eigenvalue weighted by atomic mass is 16.5. The maximum atomic E-state index is 13.2. The largest absolute Gasteiger partial charge is 0.451 e. The first-order valence-corrected chi connectivity index (χ1v) is 8.73. The summed E-state index contributed by atoms with van der Waals surface area (Å²) in [5.41, 5.74) is 1.67. The van der Waals surface area contributed by atoms with Crippen molar-refractivity contribution < 1.29 is 18.7 Å². The lowest BCUT2D eigenvalue weighted by atomic mass is 10.1. The molecule has 1 aliphatic heterocycles. The number of ether oxygens (including phenoxy) is 2. The lowest BCUT2D eigenvalue weighted by Gasteiger charge is -2.30. The predicted octanol–water partition coefficient (Wildman–Crippen LogP) is 3.15. The minimum absolute atomic E-state index is 0.0360. The summed E-state index contributed by atoms with van der Waals surface area (Å²) in [7, 11) is 0. The van der Waals surface area contributed by atoms with Gasteiger partial charge in [-0.3, -0.25) is 4.79 Å². The lowest BCUT2D eigenvalue weighted by Crippen LogP contribution is -2.46. The SMILES string of the molecule is CCO[C@@H]1[C@H]2CC[C@H]1OCCN2C(=O)c1oc2ccccc2c1C. The first kappa shape index (κ1) is 15.7. The number of amides is 1. The molecule has 4 rings (SSSR count). The van der Waals surface area contributed by atoms with Crippen LogP contribution in [0.5, 0.6) is 0 Å². The summed E-state index contributed by atoms with van der Waals surface area (Å²) in [5.74, 6) is 0.390. The van der Waals surface area contributed by atoms with E-state index in [2.05, 4.69) is 0 Å². The molecule has 2 aromatic rings. The highest BCUT2D eigenvalue weighted by Crippen LogP contribution is 2.34. The Morgan fingerprint density at radius 3 is 2.96 bits per heavy atom. The van der Waals surface area contributed by atoms with Crippen molar-refractivity contribution in [3.63, 3.8) is 0 Å². The van der Waals surface area contributed by atoms with Crippen LogP contribution in [0, 0.1) is 6.92 Å². The smallest absolute Gasteiger partial charge is 0.290 e. The second-order valence-corrected chi connectivity index (χ2v) is 6.52. The Morgan fingerprint density at radius 2 is 2.17 bits per heavy atom. The molecule has 2 heterocycles. The van der Waals surface area contributed by atoms with E-state index in [4.69, 9.17) is 13.9 Å². The number of benzene rings is 1. The average molecular weight is 329 g/mol. The van der Waals surface area contributed by atoms with Crippen LogP contribution in [0.4, 0.5) is 0 Å². The van der Waals surface area contributed by atoms with Gasteiger partial charge >= 0.3 is 0 Å². The van der Waals surface area contributed by atoms with Crippen molar-refractivity contribution in [1.82, 2.24) is 4.90 Å². The molecule has 0 radical (unpaired) electrons. The molecule has 1 saturated carbocycles. The summed E-state index contributed by atoms with van der Waals surface area (Å²) in [6.45, 7) is 5.70. The molecule has 2 fully saturated rings. The number of hydrogen-bond donors (Lipinski definition) is 0. The third-order valence-electron chi connectivity index (χ3n) is 5.21. The van der Waals surface area contributed by atoms with Gasteiger partial charge in [0.25, 0.3) is 5.91 Å². The Bertz CT molecular complexity index is 753. The van der Waals surface area contributed by atoms with Crippen molar-refractivity contribution in [2.75, 3.05) is 19.8 Å². The molecule has 5 heteroatoms. The summed E-state index contributed by atoms with van der Waals surface area (Å²) in [5, 5.41) is 0.998. The maximum Gasteiger partial charge on any atom is 0.290 e. The molecule has 128 valence electrons. The van der Waals surface area contributed by atoms with E-state index in [1.807, 2.05) is 43.0 Å². The van der Waals surface area contributed by atoms with Gasteiger partial charge < -0.3 is 18.8 Å². The number of furan rings is 1. The fourth-order valence-electron chi connectivity index (χ4n) is 4.06. The number of nitrogens with zero attached hydrogens (tertiary/aromatic N) is 1. The van der Waals surface area contributed by atoms with E-state index in [9.17, 15) is 4.79 Å². The molecule has 0 N–H and O–H groups in total. The number of fused-ring (bicyclic) bond motifs is 3. The van der Waals surface area contributed by atoms with Crippen molar-refractivity contribution in [3.05, 3.63) is 35.6 Å². The molecule has 0 unspecified atom stereocenters. The topological polar surface area (TPSA) is 51.9 Å². The molecular formula is C19H23NO4. The zero-order valence-electron chi connectivity index (χ0n) is 14.2. The number of rotatable bonds is 3. The summed E-state index contributed by atoms with van der Waals surface area (Å²) < 4.78 is 17.7. The van der Waals surface area contributed by atoms with Crippen LogP contribution in [0.25, 0.3) is 11.0 Å². The fraction of sp³-hybridized carbons (Fsp3) is 0.526. The minimum atomic E-state index is -0.0513. The molecule has 2 aliphatic rings. The molecule has 5 nitrogen and oxygen atoms in total. The van der Waals surface area contributed by atoms with Crippen molar-refractivity contribution in [2.45, 2.75) is 44.9 Å². The molecule has 3 atom stereocenters. The van der Waals surface area contributed by atoms with Gasteiger partial charge in [-0.05, 0) is 32.8 Å². The Kier molecular flexibility index (Phi) is 4.06. The molecule has 2 bridgehead atoms. The van der Waals surface area contributed by atoms with Gasteiger partial charge in [-0.2, -0.15) is 0 Å². The van der Waals surface area contributed by atoms with Crippen LogP contribution in [0.15, 0.2) is 28.7 Å². The molecule has 0 spiro atoms. The van der Waals surface area contributed by atoms with Crippen molar-refractivity contribution >= 4 is 16.9 Å². The predicted molar refractivity (Wildman–Crippen MR) is 90.2 cm³/mol. The Labute approximate surface area is 141 Å². The van der Waals surface area contributed by atoms with Gasteiger partial charge in [-0.1, -0.05) is 18.2 Å². The fourth-order valence-corrected chi connectivity index (χ4v) is 4.06. The van der Waals surface area contributed by atoms with E-state index >= 15 is 0 Å². The van der Waals surface area contributed by atoms with Crippen LogP contribution in [-0.4, -0.2) is 48.8 Å². The normalized spacial score (nSPS) is 26.8. The molecular weight excluding hydrogens is 306 g/mol. The van der Waals surface area contributed by atoms with Gasteiger partial charge in [0.2, 0.25) is 0 Å². The van der Waals surface area contributed by atoms with E-state index < -0.39 is 0 Å². The second-order valence-electron chi connectivity index (χ2n) is 6.52. The molecule has 1 aliphatic carbocycles. The molecule has 1 saturated heterocycles. The first-order chi connectivity index (χ1) is 11.7. The van der Waals surface area contributed by atoms with Gasteiger partial charge in [0, 0.05) is 24.1 Å². The first-order valence-electron chi connectivity index (χ1n) is 8.73. The van der Waals surface area contributed by atoms with E-state index in [-0.39, 0.29) is 24.2 Å². The number of hydrogen-bond acceptors (Lipinski definition) is 4. The summed E-state index contributed by atoms with van der Waals surface area (Å²) >= 11 is 0. The Balaban J connectivity index is 1.68. The van der Waals surface area contributed by atoms with Crippen LogP contribution in [0.3, 0.4) is 0 Å². The van der Waals surface area contributed by atoms with Crippen LogP contribution in [0.2, 0.25) is 0 Å². The van der Waals surface area contributed by atoms with Gasteiger partial charge in [0.15, 0.2) is 5.76 Å². The van der Waals surface area contributed by atoms with E-state index in [0.717, 1.165) is 29.4 Å².